The normalized spacial score (nSPS) is 17.5. The molecule has 1 fully saturated rings. The lowest BCUT2D eigenvalue weighted by Crippen LogP contribution is -2.13. The molecule has 0 heterocycles. The lowest BCUT2D eigenvalue weighted by atomic mass is 10.1. The maximum absolute atomic E-state index is 9.74. The second-order valence-electron chi connectivity index (χ2n) is 3.75. The van der Waals surface area contributed by atoms with Crippen LogP contribution in [0.15, 0.2) is 22.7 Å². The van der Waals surface area contributed by atoms with Crippen molar-refractivity contribution in [2.24, 2.45) is 5.73 Å². The van der Waals surface area contributed by atoms with E-state index in [-0.39, 0.29) is 6.54 Å². The highest BCUT2D eigenvalue weighted by Crippen LogP contribution is 2.33. The second kappa shape index (κ2) is 4.51. The van der Waals surface area contributed by atoms with Gasteiger partial charge in [0.1, 0.15) is 5.75 Å². The Kier molecular flexibility index (Phi) is 3.29. The van der Waals surface area contributed by atoms with Gasteiger partial charge in [-0.1, -0.05) is 15.9 Å². The first-order valence-electron chi connectivity index (χ1n) is 5.05. The number of ether oxygens (including phenoxy) is 1. The summed E-state index contributed by atoms with van der Waals surface area (Å²) in [5.41, 5.74) is 6.21. The lowest BCUT2D eigenvalue weighted by Gasteiger charge is -2.15. The highest BCUT2D eigenvalue weighted by atomic mass is 79.9. The Morgan fingerprint density at radius 3 is 2.87 bits per heavy atom. The number of aliphatic hydroxyl groups is 1. The molecule has 4 heteroatoms. The molecular weight excluding hydrogens is 258 g/mol. The SMILES string of the molecule is NCC(O)c1cc(Br)ccc1OC1CC1. The maximum Gasteiger partial charge on any atom is 0.125 e. The van der Waals surface area contributed by atoms with Crippen LogP contribution in [0.3, 0.4) is 0 Å². The molecule has 1 aliphatic carbocycles. The fraction of sp³-hybridized carbons (Fsp3) is 0.455. The minimum atomic E-state index is -0.656. The minimum absolute atomic E-state index is 0.206. The Balaban J connectivity index is 2.25. The Bertz CT molecular complexity index is 352. The van der Waals surface area contributed by atoms with E-state index in [4.69, 9.17) is 10.5 Å². The van der Waals surface area contributed by atoms with Gasteiger partial charge in [-0.3, -0.25) is 0 Å². The zero-order valence-corrected chi connectivity index (χ0v) is 9.90. The molecule has 1 aromatic carbocycles. The summed E-state index contributed by atoms with van der Waals surface area (Å²) >= 11 is 3.37. The average Bonchev–Trinajstić information content (AvgIpc) is 3.03. The Morgan fingerprint density at radius 2 is 2.27 bits per heavy atom. The first-order valence-corrected chi connectivity index (χ1v) is 5.84. The lowest BCUT2D eigenvalue weighted by molar-refractivity contribution is 0.178. The topological polar surface area (TPSA) is 55.5 Å². The molecule has 1 saturated carbocycles. The van der Waals surface area contributed by atoms with Crippen molar-refractivity contribution in [1.29, 1.82) is 0 Å². The molecule has 2 rings (SSSR count). The average molecular weight is 272 g/mol. The summed E-state index contributed by atoms with van der Waals surface area (Å²) in [6.07, 6.45) is 1.88. The largest absolute Gasteiger partial charge is 0.490 e. The van der Waals surface area contributed by atoms with E-state index in [2.05, 4.69) is 15.9 Å². The molecular formula is C11H14BrNO2. The van der Waals surface area contributed by atoms with Crippen LogP contribution in [0.5, 0.6) is 5.75 Å². The number of nitrogens with two attached hydrogens (primary N) is 1. The monoisotopic (exact) mass is 271 g/mol. The van der Waals surface area contributed by atoms with E-state index in [1.807, 2.05) is 18.2 Å². The third-order valence-corrected chi connectivity index (χ3v) is 2.87. The van der Waals surface area contributed by atoms with Crippen molar-refractivity contribution in [2.45, 2.75) is 25.0 Å². The van der Waals surface area contributed by atoms with Crippen LogP contribution in [0.1, 0.15) is 24.5 Å². The fourth-order valence-electron chi connectivity index (χ4n) is 1.38. The van der Waals surface area contributed by atoms with Crippen molar-refractivity contribution in [1.82, 2.24) is 0 Å². The molecule has 3 nitrogen and oxygen atoms in total. The molecule has 1 aliphatic rings. The summed E-state index contributed by atoms with van der Waals surface area (Å²) in [6, 6.07) is 5.64. The van der Waals surface area contributed by atoms with Crippen molar-refractivity contribution >= 4 is 15.9 Å². The Labute approximate surface area is 97.4 Å². The van der Waals surface area contributed by atoms with Gasteiger partial charge < -0.3 is 15.6 Å². The number of hydrogen-bond donors (Lipinski definition) is 2. The number of halogens is 1. The van der Waals surface area contributed by atoms with Crippen molar-refractivity contribution in [3.05, 3.63) is 28.2 Å². The molecule has 0 spiro atoms. The first-order chi connectivity index (χ1) is 7.20. The van der Waals surface area contributed by atoms with Crippen LogP contribution in [0.4, 0.5) is 0 Å². The van der Waals surface area contributed by atoms with Gasteiger partial charge in [0.2, 0.25) is 0 Å². The van der Waals surface area contributed by atoms with Crippen LogP contribution in [0.2, 0.25) is 0 Å². The standard InChI is InChI=1S/C11H14BrNO2/c12-7-1-4-11(15-8-2-3-8)9(5-7)10(14)6-13/h1,4-5,8,10,14H,2-3,6,13H2. The molecule has 15 heavy (non-hydrogen) atoms. The quantitative estimate of drug-likeness (QED) is 0.881. The van der Waals surface area contributed by atoms with Gasteiger partial charge in [0.05, 0.1) is 12.2 Å². The van der Waals surface area contributed by atoms with Gasteiger partial charge in [0.15, 0.2) is 0 Å². The molecule has 0 saturated heterocycles. The molecule has 1 atom stereocenters. The van der Waals surface area contributed by atoms with E-state index in [1.165, 1.54) is 0 Å². The van der Waals surface area contributed by atoms with E-state index in [0.717, 1.165) is 28.6 Å². The zero-order valence-electron chi connectivity index (χ0n) is 8.32. The third-order valence-electron chi connectivity index (χ3n) is 2.37. The van der Waals surface area contributed by atoms with Crippen LogP contribution >= 0.6 is 15.9 Å². The predicted molar refractivity (Wildman–Crippen MR) is 61.8 cm³/mol. The Morgan fingerprint density at radius 1 is 1.53 bits per heavy atom. The number of hydrogen-bond acceptors (Lipinski definition) is 3. The molecule has 0 aliphatic heterocycles. The number of rotatable bonds is 4. The van der Waals surface area contributed by atoms with Crippen LogP contribution in [0.25, 0.3) is 0 Å². The van der Waals surface area contributed by atoms with Gasteiger partial charge in [-0.25, -0.2) is 0 Å². The van der Waals surface area contributed by atoms with E-state index < -0.39 is 6.10 Å². The fourth-order valence-corrected chi connectivity index (χ4v) is 1.76. The summed E-state index contributed by atoms with van der Waals surface area (Å²) in [5.74, 6) is 0.749. The summed E-state index contributed by atoms with van der Waals surface area (Å²) < 4.78 is 6.62. The Hall–Kier alpha value is -0.580. The molecule has 82 valence electrons. The van der Waals surface area contributed by atoms with Gasteiger partial charge >= 0.3 is 0 Å². The van der Waals surface area contributed by atoms with Gasteiger partial charge in [0.25, 0.3) is 0 Å². The van der Waals surface area contributed by atoms with Gasteiger partial charge in [0, 0.05) is 16.6 Å². The smallest absolute Gasteiger partial charge is 0.125 e. The van der Waals surface area contributed by atoms with Gasteiger partial charge in [-0.15, -0.1) is 0 Å². The maximum atomic E-state index is 9.74. The molecule has 3 N–H and O–H groups in total. The molecule has 0 bridgehead atoms. The van der Waals surface area contributed by atoms with E-state index in [9.17, 15) is 5.11 Å². The van der Waals surface area contributed by atoms with Crippen molar-refractivity contribution in [3.8, 4) is 5.75 Å². The predicted octanol–water partition coefficient (Wildman–Crippen LogP) is 1.98. The third kappa shape index (κ3) is 2.71. The first kappa shape index (κ1) is 10.9. The van der Waals surface area contributed by atoms with Crippen LogP contribution in [0, 0.1) is 0 Å². The minimum Gasteiger partial charge on any atom is -0.490 e. The summed E-state index contributed by atoms with van der Waals surface area (Å²) in [5, 5.41) is 9.74. The van der Waals surface area contributed by atoms with Crippen LogP contribution in [-0.2, 0) is 0 Å². The van der Waals surface area contributed by atoms with E-state index in [1.54, 1.807) is 0 Å². The van der Waals surface area contributed by atoms with Gasteiger partial charge in [-0.05, 0) is 31.0 Å². The summed E-state index contributed by atoms with van der Waals surface area (Å²) in [4.78, 5) is 0. The molecule has 0 amide bonds. The number of aliphatic hydroxyl groups excluding tert-OH is 1. The van der Waals surface area contributed by atoms with Crippen LogP contribution in [-0.4, -0.2) is 17.8 Å². The van der Waals surface area contributed by atoms with E-state index in [0.29, 0.717) is 6.10 Å². The molecule has 0 radical (unpaired) electrons. The van der Waals surface area contributed by atoms with Crippen LogP contribution < -0.4 is 10.5 Å². The van der Waals surface area contributed by atoms with Crippen molar-refractivity contribution in [3.63, 3.8) is 0 Å². The molecule has 1 unspecified atom stereocenters. The number of benzene rings is 1. The summed E-state index contributed by atoms with van der Waals surface area (Å²) in [7, 11) is 0. The second-order valence-corrected chi connectivity index (χ2v) is 4.67. The van der Waals surface area contributed by atoms with E-state index >= 15 is 0 Å². The highest BCUT2D eigenvalue weighted by Gasteiger charge is 2.25. The van der Waals surface area contributed by atoms with Gasteiger partial charge in [-0.2, -0.15) is 0 Å². The zero-order chi connectivity index (χ0) is 10.8. The summed E-state index contributed by atoms with van der Waals surface area (Å²) in [6.45, 7) is 0.206. The highest BCUT2D eigenvalue weighted by molar-refractivity contribution is 9.10. The van der Waals surface area contributed by atoms with Crippen molar-refractivity contribution < 1.29 is 9.84 Å². The van der Waals surface area contributed by atoms with Crippen molar-refractivity contribution in [2.75, 3.05) is 6.54 Å². The molecule has 0 aromatic heterocycles. The molecule has 1 aromatic rings.